The Morgan fingerprint density at radius 3 is 2.40 bits per heavy atom. The first-order chi connectivity index (χ1) is 9.51. The molecular formula is C14H21N3O3. The third-order valence-corrected chi connectivity index (χ3v) is 2.28. The van der Waals surface area contributed by atoms with E-state index in [1.807, 2.05) is 20.8 Å². The van der Waals surface area contributed by atoms with Crippen LogP contribution in [0.5, 0.6) is 5.75 Å². The summed E-state index contributed by atoms with van der Waals surface area (Å²) in [6.45, 7) is 6.12. The summed E-state index contributed by atoms with van der Waals surface area (Å²) >= 11 is 0. The summed E-state index contributed by atoms with van der Waals surface area (Å²) in [6.07, 6.45) is 0. The molecule has 6 nitrogen and oxygen atoms in total. The van der Waals surface area contributed by atoms with Crippen molar-refractivity contribution in [1.29, 1.82) is 0 Å². The highest BCUT2D eigenvalue weighted by molar-refractivity contribution is 5.94. The van der Waals surface area contributed by atoms with E-state index in [1.54, 1.807) is 24.3 Å². The maximum absolute atomic E-state index is 11.6. The van der Waals surface area contributed by atoms with Crippen molar-refractivity contribution in [1.82, 2.24) is 10.6 Å². The quantitative estimate of drug-likeness (QED) is 0.742. The van der Waals surface area contributed by atoms with Crippen LogP contribution in [0.25, 0.3) is 0 Å². The molecule has 20 heavy (non-hydrogen) atoms. The first-order valence-corrected chi connectivity index (χ1v) is 6.58. The van der Waals surface area contributed by atoms with Crippen LogP contribution in [-0.4, -0.2) is 31.1 Å². The van der Waals surface area contributed by atoms with Crippen LogP contribution in [0.4, 0.5) is 10.5 Å². The van der Waals surface area contributed by atoms with Crippen LogP contribution in [0.15, 0.2) is 24.3 Å². The second-order valence-electron chi connectivity index (χ2n) is 4.49. The normalized spacial score (nSPS) is 10.0. The fourth-order valence-electron chi connectivity index (χ4n) is 1.48. The summed E-state index contributed by atoms with van der Waals surface area (Å²) in [6, 6.07) is 6.72. The van der Waals surface area contributed by atoms with Gasteiger partial charge in [0.2, 0.25) is 5.91 Å². The number of amides is 3. The van der Waals surface area contributed by atoms with Crippen molar-refractivity contribution in [3.8, 4) is 5.75 Å². The summed E-state index contributed by atoms with van der Waals surface area (Å²) in [4.78, 5) is 22.9. The second-order valence-corrected chi connectivity index (χ2v) is 4.49. The third kappa shape index (κ3) is 6.08. The minimum absolute atomic E-state index is 0.0316. The number of nitrogens with one attached hydrogen (secondary N) is 3. The highest BCUT2D eigenvalue weighted by Crippen LogP contribution is 2.15. The van der Waals surface area contributed by atoms with E-state index in [4.69, 9.17) is 4.74 Å². The highest BCUT2D eigenvalue weighted by Gasteiger charge is 2.06. The second kappa shape index (κ2) is 8.04. The number of hydrogen-bond donors (Lipinski definition) is 3. The molecule has 110 valence electrons. The zero-order chi connectivity index (χ0) is 15.0. The van der Waals surface area contributed by atoms with E-state index in [-0.39, 0.29) is 24.5 Å². The average molecular weight is 279 g/mol. The van der Waals surface area contributed by atoms with Gasteiger partial charge in [0.25, 0.3) is 0 Å². The van der Waals surface area contributed by atoms with Crippen molar-refractivity contribution in [2.75, 3.05) is 18.5 Å². The predicted octanol–water partition coefficient (Wildman–Crippen LogP) is 1.73. The minimum atomic E-state index is -0.359. The smallest absolute Gasteiger partial charge is 0.315 e. The monoisotopic (exact) mass is 279 g/mol. The molecule has 3 amide bonds. The number of urea groups is 1. The zero-order valence-corrected chi connectivity index (χ0v) is 12.0. The van der Waals surface area contributed by atoms with Gasteiger partial charge in [-0.1, -0.05) is 0 Å². The summed E-state index contributed by atoms with van der Waals surface area (Å²) < 4.78 is 5.30. The van der Waals surface area contributed by atoms with Gasteiger partial charge in [0.1, 0.15) is 5.75 Å². The van der Waals surface area contributed by atoms with Gasteiger partial charge in [0, 0.05) is 11.7 Å². The van der Waals surface area contributed by atoms with E-state index >= 15 is 0 Å². The van der Waals surface area contributed by atoms with Crippen molar-refractivity contribution < 1.29 is 14.3 Å². The molecule has 0 saturated heterocycles. The molecule has 0 heterocycles. The standard InChI is InChI=1S/C14H21N3O3/c1-4-20-12-7-5-11(6-8-12)17-13(18)9-15-14(19)16-10(2)3/h5-8,10H,4,9H2,1-3H3,(H,17,18)(H2,15,16,19). The van der Waals surface area contributed by atoms with Crippen LogP contribution in [0, 0.1) is 0 Å². The first kappa shape index (κ1) is 15.8. The van der Waals surface area contributed by atoms with Crippen LogP contribution in [0.3, 0.4) is 0 Å². The third-order valence-electron chi connectivity index (χ3n) is 2.28. The van der Waals surface area contributed by atoms with Gasteiger partial charge < -0.3 is 20.7 Å². The van der Waals surface area contributed by atoms with Crippen LogP contribution in [-0.2, 0) is 4.79 Å². The van der Waals surface area contributed by atoms with Crippen LogP contribution < -0.4 is 20.7 Å². The Morgan fingerprint density at radius 2 is 1.85 bits per heavy atom. The molecule has 1 aromatic carbocycles. The molecule has 0 fully saturated rings. The van der Waals surface area contributed by atoms with Crippen molar-refractivity contribution in [2.45, 2.75) is 26.8 Å². The van der Waals surface area contributed by atoms with Crippen LogP contribution in [0.1, 0.15) is 20.8 Å². The van der Waals surface area contributed by atoms with Crippen molar-refractivity contribution in [3.05, 3.63) is 24.3 Å². The zero-order valence-electron chi connectivity index (χ0n) is 12.0. The van der Waals surface area contributed by atoms with Crippen molar-refractivity contribution in [3.63, 3.8) is 0 Å². The highest BCUT2D eigenvalue weighted by atomic mass is 16.5. The lowest BCUT2D eigenvalue weighted by molar-refractivity contribution is -0.115. The number of benzene rings is 1. The molecule has 0 radical (unpaired) electrons. The maximum Gasteiger partial charge on any atom is 0.315 e. The molecule has 3 N–H and O–H groups in total. The number of hydrogen-bond acceptors (Lipinski definition) is 3. The summed E-state index contributed by atoms with van der Waals surface area (Å²) in [7, 11) is 0. The van der Waals surface area contributed by atoms with Gasteiger partial charge in [-0.2, -0.15) is 0 Å². The van der Waals surface area contributed by atoms with Crippen molar-refractivity contribution in [2.24, 2.45) is 0 Å². The van der Waals surface area contributed by atoms with Crippen LogP contribution in [0.2, 0.25) is 0 Å². The molecule has 0 bridgehead atoms. The Labute approximate surface area is 118 Å². The Kier molecular flexibility index (Phi) is 6.36. The number of carbonyl (C=O) groups is 2. The molecule has 0 saturated carbocycles. The average Bonchev–Trinajstić information content (AvgIpc) is 2.38. The van der Waals surface area contributed by atoms with Gasteiger partial charge in [-0.15, -0.1) is 0 Å². The van der Waals surface area contributed by atoms with Gasteiger partial charge in [-0.05, 0) is 45.0 Å². The number of carbonyl (C=O) groups excluding carboxylic acids is 2. The minimum Gasteiger partial charge on any atom is -0.494 e. The number of ether oxygens (including phenoxy) is 1. The molecule has 0 aliphatic heterocycles. The molecular weight excluding hydrogens is 258 g/mol. The van der Waals surface area contributed by atoms with E-state index in [1.165, 1.54) is 0 Å². The summed E-state index contributed by atoms with van der Waals surface area (Å²) in [5, 5.41) is 7.80. The SMILES string of the molecule is CCOc1ccc(NC(=O)CNC(=O)NC(C)C)cc1. The summed E-state index contributed by atoms with van der Waals surface area (Å²) in [5.41, 5.74) is 0.657. The van der Waals surface area contributed by atoms with Crippen molar-refractivity contribution >= 4 is 17.6 Å². The van der Waals surface area contributed by atoms with Gasteiger partial charge >= 0.3 is 6.03 Å². The maximum atomic E-state index is 11.6. The van der Waals surface area contributed by atoms with Gasteiger partial charge in [0.05, 0.1) is 13.2 Å². The van der Waals surface area contributed by atoms with Gasteiger partial charge in [-0.25, -0.2) is 4.79 Å². The topological polar surface area (TPSA) is 79.5 Å². The number of rotatable bonds is 6. The van der Waals surface area contributed by atoms with E-state index in [9.17, 15) is 9.59 Å². The number of anilines is 1. The molecule has 1 aromatic rings. The molecule has 0 spiro atoms. The van der Waals surface area contributed by atoms with Gasteiger partial charge in [0.15, 0.2) is 0 Å². The first-order valence-electron chi connectivity index (χ1n) is 6.58. The fourth-order valence-corrected chi connectivity index (χ4v) is 1.48. The molecule has 0 aromatic heterocycles. The van der Waals surface area contributed by atoms with E-state index in [0.717, 1.165) is 5.75 Å². The Hall–Kier alpha value is -2.24. The van der Waals surface area contributed by atoms with E-state index in [0.29, 0.717) is 12.3 Å². The van der Waals surface area contributed by atoms with Gasteiger partial charge in [-0.3, -0.25) is 4.79 Å². The summed E-state index contributed by atoms with van der Waals surface area (Å²) in [5.74, 6) is 0.466. The molecule has 1 rings (SSSR count). The van der Waals surface area contributed by atoms with E-state index in [2.05, 4.69) is 16.0 Å². The molecule has 6 heteroatoms. The molecule has 0 aliphatic carbocycles. The Morgan fingerprint density at radius 1 is 1.20 bits per heavy atom. The lowest BCUT2D eigenvalue weighted by atomic mass is 10.3. The molecule has 0 unspecified atom stereocenters. The Balaban J connectivity index is 2.36. The fraction of sp³-hybridized carbons (Fsp3) is 0.429. The van der Waals surface area contributed by atoms with E-state index < -0.39 is 0 Å². The lowest BCUT2D eigenvalue weighted by Gasteiger charge is -2.10. The largest absolute Gasteiger partial charge is 0.494 e. The van der Waals surface area contributed by atoms with Crippen LogP contribution >= 0.6 is 0 Å². The Bertz CT molecular complexity index is 443. The molecule has 0 atom stereocenters. The molecule has 0 aliphatic rings. The predicted molar refractivity (Wildman–Crippen MR) is 77.9 cm³/mol. The lowest BCUT2D eigenvalue weighted by Crippen LogP contribution is -2.42.